The SMILES string of the molecule is Nc1cccc(OCCNc2ccccc2S(N)(=O)=O)c1. The van der Waals surface area contributed by atoms with Gasteiger partial charge in [-0.15, -0.1) is 0 Å². The lowest BCUT2D eigenvalue weighted by Gasteiger charge is -2.11. The summed E-state index contributed by atoms with van der Waals surface area (Å²) in [5.41, 5.74) is 6.73. The number of ether oxygens (including phenoxy) is 1. The monoisotopic (exact) mass is 307 g/mol. The van der Waals surface area contributed by atoms with E-state index in [4.69, 9.17) is 15.6 Å². The lowest BCUT2D eigenvalue weighted by molar-refractivity contribution is 0.333. The van der Waals surface area contributed by atoms with Crippen molar-refractivity contribution in [1.82, 2.24) is 0 Å². The van der Waals surface area contributed by atoms with Gasteiger partial charge in [-0.05, 0) is 24.3 Å². The molecule has 0 amide bonds. The van der Waals surface area contributed by atoms with Crippen LogP contribution in [-0.4, -0.2) is 21.6 Å². The van der Waals surface area contributed by atoms with Crippen LogP contribution in [0.2, 0.25) is 0 Å². The third-order valence-corrected chi connectivity index (χ3v) is 3.71. The Morgan fingerprint density at radius 3 is 2.57 bits per heavy atom. The summed E-state index contributed by atoms with van der Waals surface area (Å²) in [4.78, 5) is 0.0638. The van der Waals surface area contributed by atoms with Crippen LogP contribution in [0.4, 0.5) is 11.4 Å². The van der Waals surface area contributed by atoms with Crippen molar-refractivity contribution in [3.05, 3.63) is 48.5 Å². The molecule has 0 atom stereocenters. The maximum atomic E-state index is 11.4. The lowest BCUT2D eigenvalue weighted by atomic mass is 10.3. The Morgan fingerprint density at radius 1 is 1.10 bits per heavy atom. The molecule has 0 aliphatic rings. The number of benzene rings is 2. The zero-order valence-corrected chi connectivity index (χ0v) is 12.1. The zero-order chi connectivity index (χ0) is 15.3. The first-order valence-corrected chi connectivity index (χ1v) is 7.85. The number of hydrogen-bond donors (Lipinski definition) is 3. The van der Waals surface area contributed by atoms with E-state index in [0.29, 0.717) is 30.3 Å². The summed E-state index contributed by atoms with van der Waals surface area (Å²) >= 11 is 0. The van der Waals surface area contributed by atoms with Crippen LogP contribution in [-0.2, 0) is 10.0 Å². The average molecular weight is 307 g/mol. The molecule has 0 saturated carbocycles. The van der Waals surface area contributed by atoms with Gasteiger partial charge in [0.15, 0.2) is 0 Å². The minimum absolute atomic E-state index is 0.0638. The Kier molecular flexibility index (Phi) is 4.66. The van der Waals surface area contributed by atoms with Crippen LogP contribution in [0.1, 0.15) is 0 Å². The highest BCUT2D eigenvalue weighted by molar-refractivity contribution is 7.89. The Morgan fingerprint density at radius 2 is 1.86 bits per heavy atom. The Hall–Kier alpha value is -2.25. The van der Waals surface area contributed by atoms with Gasteiger partial charge in [0.1, 0.15) is 17.3 Å². The number of anilines is 2. The fraction of sp³-hybridized carbons (Fsp3) is 0.143. The molecule has 2 aromatic rings. The number of para-hydroxylation sites is 1. The van der Waals surface area contributed by atoms with E-state index in [2.05, 4.69) is 5.32 Å². The van der Waals surface area contributed by atoms with Crippen LogP contribution < -0.4 is 20.9 Å². The second-order valence-electron chi connectivity index (χ2n) is 4.39. The molecule has 0 bridgehead atoms. The first kappa shape index (κ1) is 15.1. The summed E-state index contributed by atoms with van der Waals surface area (Å²) in [6, 6.07) is 13.6. The van der Waals surface area contributed by atoms with Gasteiger partial charge in [0.05, 0.1) is 5.69 Å². The van der Waals surface area contributed by atoms with E-state index in [9.17, 15) is 8.42 Å². The van der Waals surface area contributed by atoms with Gasteiger partial charge in [0.25, 0.3) is 0 Å². The number of nitrogen functional groups attached to an aromatic ring is 1. The molecule has 2 aromatic carbocycles. The predicted octanol–water partition coefficient (Wildman–Crippen LogP) is 1.41. The van der Waals surface area contributed by atoms with Gasteiger partial charge >= 0.3 is 0 Å². The topological polar surface area (TPSA) is 107 Å². The number of primary sulfonamides is 1. The molecular formula is C14H17N3O3S. The van der Waals surface area contributed by atoms with Gasteiger partial charge in [-0.3, -0.25) is 0 Å². The molecule has 2 rings (SSSR count). The summed E-state index contributed by atoms with van der Waals surface area (Å²) < 4.78 is 28.4. The zero-order valence-electron chi connectivity index (χ0n) is 11.3. The molecule has 5 N–H and O–H groups in total. The molecule has 112 valence electrons. The molecule has 0 fully saturated rings. The Bertz CT molecular complexity index is 717. The maximum absolute atomic E-state index is 11.4. The summed E-state index contributed by atoms with van der Waals surface area (Å²) in [5.74, 6) is 0.663. The molecule has 0 heterocycles. The quantitative estimate of drug-likeness (QED) is 0.552. The van der Waals surface area contributed by atoms with Gasteiger partial charge in [-0.2, -0.15) is 0 Å². The Balaban J connectivity index is 1.93. The summed E-state index contributed by atoms with van der Waals surface area (Å²) in [5, 5.41) is 8.15. The van der Waals surface area contributed by atoms with Crippen molar-refractivity contribution in [3.63, 3.8) is 0 Å². The molecule has 0 spiro atoms. The molecule has 0 saturated heterocycles. The van der Waals surface area contributed by atoms with Crippen molar-refractivity contribution < 1.29 is 13.2 Å². The van der Waals surface area contributed by atoms with Crippen LogP contribution in [0.5, 0.6) is 5.75 Å². The molecule has 0 aliphatic carbocycles. The predicted molar refractivity (Wildman–Crippen MR) is 82.7 cm³/mol. The molecule has 7 heteroatoms. The Labute approximate surface area is 123 Å². The van der Waals surface area contributed by atoms with Crippen molar-refractivity contribution in [1.29, 1.82) is 0 Å². The second-order valence-corrected chi connectivity index (χ2v) is 5.92. The van der Waals surface area contributed by atoms with Crippen molar-refractivity contribution in [2.24, 2.45) is 5.14 Å². The van der Waals surface area contributed by atoms with Gasteiger partial charge < -0.3 is 15.8 Å². The highest BCUT2D eigenvalue weighted by atomic mass is 32.2. The smallest absolute Gasteiger partial charge is 0.240 e. The van der Waals surface area contributed by atoms with Gasteiger partial charge in [0, 0.05) is 18.3 Å². The lowest BCUT2D eigenvalue weighted by Crippen LogP contribution is -2.17. The first-order valence-electron chi connectivity index (χ1n) is 6.31. The third-order valence-electron chi connectivity index (χ3n) is 2.74. The normalized spacial score (nSPS) is 11.1. The van der Waals surface area contributed by atoms with E-state index in [1.165, 1.54) is 6.07 Å². The summed E-state index contributed by atoms with van der Waals surface area (Å²) in [6.07, 6.45) is 0. The fourth-order valence-electron chi connectivity index (χ4n) is 1.82. The van der Waals surface area contributed by atoms with Crippen LogP contribution in [0.25, 0.3) is 0 Å². The first-order chi connectivity index (χ1) is 9.97. The molecule has 0 unspecified atom stereocenters. The van der Waals surface area contributed by atoms with Gasteiger partial charge in [0.2, 0.25) is 10.0 Å². The molecule has 0 aliphatic heterocycles. The van der Waals surface area contributed by atoms with E-state index >= 15 is 0 Å². The fourth-order valence-corrected chi connectivity index (χ4v) is 2.53. The van der Waals surface area contributed by atoms with Crippen molar-refractivity contribution in [2.75, 3.05) is 24.2 Å². The summed E-state index contributed by atoms with van der Waals surface area (Å²) in [6.45, 7) is 0.795. The van der Waals surface area contributed by atoms with E-state index in [-0.39, 0.29) is 4.90 Å². The minimum Gasteiger partial charge on any atom is -0.492 e. The van der Waals surface area contributed by atoms with Crippen LogP contribution in [0.3, 0.4) is 0 Å². The van der Waals surface area contributed by atoms with E-state index in [0.717, 1.165) is 0 Å². The number of rotatable bonds is 6. The molecule has 6 nitrogen and oxygen atoms in total. The van der Waals surface area contributed by atoms with Crippen molar-refractivity contribution >= 4 is 21.4 Å². The maximum Gasteiger partial charge on any atom is 0.240 e. The third kappa shape index (κ3) is 4.37. The van der Waals surface area contributed by atoms with E-state index in [1.54, 1.807) is 42.5 Å². The number of nitrogens with one attached hydrogen (secondary N) is 1. The van der Waals surface area contributed by atoms with Crippen LogP contribution in [0, 0.1) is 0 Å². The van der Waals surface area contributed by atoms with E-state index < -0.39 is 10.0 Å². The largest absolute Gasteiger partial charge is 0.492 e. The molecular weight excluding hydrogens is 290 g/mol. The van der Waals surface area contributed by atoms with E-state index in [1.807, 2.05) is 0 Å². The average Bonchev–Trinajstić information content (AvgIpc) is 2.43. The number of hydrogen-bond acceptors (Lipinski definition) is 5. The van der Waals surface area contributed by atoms with Crippen LogP contribution >= 0.6 is 0 Å². The standard InChI is InChI=1S/C14H17N3O3S/c15-11-4-3-5-12(10-11)20-9-8-17-13-6-1-2-7-14(13)21(16,18)19/h1-7,10,17H,8-9,15H2,(H2,16,18,19). The summed E-state index contributed by atoms with van der Waals surface area (Å²) in [7, 11) is -3.75. The highest BCUT2D eigenvalue weighted by Crippen LogP contribution is 2.19. The minimum atomic E-state index is -3.75. The second kappa shape index (κ2) is 6.47. The van der Waals surface area contributed by atoms with Gasteiger partial charge in [-0.25, -0.2) is 13.6 Å². The molecule has 0 aromatic heterocycles. The van der Waals surface area contributed by atoms with Crippen LogP contribution in [0.15, 0.2) is 53.4 Å². The van der Waals surface area contributed by atoms with Crippen molar-refractivity contribution in [2.45, 2.75) is 4.90 Å². The highest BCUT2D eigenvalue weighted by Gasteiger charge is 2.12. The molecule has 0 radical (unpaired) electrons. The molecule has 21 heavy (non-hydrogen) atoms. The van der Waals surface area contributed by atoms with Crippen molar-refractivity contribution in [3.8, 4) is 5.75 Å². The number of nitrogens with two attached hydrogens (primary N) is 2. The van der Waals surface area contributed by atoms with Gasteiger partial charge in [-0.1, -0.05) is 18.2 Å². The number of sulfonamides is 1.